The molecule has 0 bridgehead atoms. The molecule has 1 heterocycles. The van der Waals surface area contributed by atoms with Gasteiger partial charge in [-0.15, -0.1) is 6.58 Å². The maximum absolute atomic E-state index is 13.0. The number of ether oxygens (including phenoxy) is 1. The summed E-state index contributed by atoms with van der Waals surface area (Å²) in [7, 11) is -2.26. The van der Waals surface area contributed by atoms with Gasteiger partial charge in [-0.2, -0.15) is 4.31 Å². The van der Waals surface area contributed by atoms with Crippen LogP contribution in [0.4, 0.5) is 0 Å². The molecule has 2 rings (SSSR count). The van der Waals surface area contributed by atoms with Crippen molar-refractivity contribution in [2.45, 2.75) is 24.7 Å². The summed E-state index contributed by atoms with van der Waals surface area (Å²) in [6.45, 7) is 6.37. The number of sulfonamides is 1. The van der Waals surface area contributed by atoms with Crippen molar-refractivity contribution >= 4 is 15.9 Å². The second kappa shape index (κ2) is 7.81. The van der Waals surface area contributed by atoms with E-state index < -0.39 is 10.0 Å². The molecule has 24 heavy (non-hydrogen) atoms. The number of carbonyl (C=O) groups excluding carboxylic acids is 1. The smallest absolute Gasteiger partial charge is 0.246 e. The van der Waals surface area contributed by atoms with Crippen LogP contribution in [0.25, 0.3) is 0 Å². The molecule has 1 fully saturated rings. The highest BCUT2D eigenvalue weighted by molar-refractivity contribution is 7.89. The van der Waals surface area contributed by atoms with Gasteiger partial charge in [0.1, 0.15) is 10.6 Å². The summed E-state index contributed by atoms with van der Waals surface area (Å²) in [4.78, 5) is 12.3. The fourth-order valence-electron chi connectivity index (χ4n) is 2.82. The number of methoxy groups -OCH3 is 1. The quantitative estimate of drug-likeness (QED) is 0.791. The minimum Gasteiger partial charge on any atom is -0.495 e. The van der Waals surface area contributed by atoms with Gasteiger partial charge in [0.2, 0.25) is 15.9 Å². The Hall–Kier alpha value is -1.86. The van der Waals surface area contributed by atoms with E-state index in [0.29, 0.717) is 31.7 Å². The van der Waals surface area contributed by atoms with Crippen LogP contribution in [-0.4, -0.2) is 45.4 Å². The molecule has 1 amide bonds. The van der Waals surface area contributed by atoms with Gasteiger partial charge in [-0.1, -0.05) is 12.1 Å². The number of hydrogen-bond acceptors (Lipinski definition) is 4. The first-order chi connectivity index (χ1) is 11.4. The minimum atomic E-state index is -3.71. The Kier molecular flexibility index (Phi) is 6.01. The van der Waals surface area contributed by atoms with Crippen molar-refractivity contribution in [3.05, 3.63) is 36.4 Å². The van der Waals surface area contributed by atoms with Crippen LogP contribution in [0.5, 0.6) is 5.75 Å². The first kappa shape index (κ1) is 18.5. The van der Waals surface area contributed by atoms with Gasteiger partial charge in [0.15, 0.2) is 0 Å². The van der Waals surface area contributed by atoms with E-state index in [2.05, 4.69) is 11.9 Å². The highest BCUT2D eigenvalue weighted by atomic mass is 32.2. The molecule has 7 heteroatoms. The molecular formula is C17H24N2O4S. The summed E-state index contributed by atoms with van der Waals surface area (Å²) in [5, 5.41) is 2.74. The molecule has 1 atom stereocenters. The van der Waals surface area contributed by atoms with E-state index in [1.54, 1.807) is 24.3 Å². The number of nitrogens with one attached hydrogen (secondary N) is 1. The molecule has 1 aromatic rings. The second-order valence-electron chi connectivity index (χ2n) is 5.89. The third-order valence-corrected chi connectivity index (χ3v) is 6.00. The fourth-order valence-corrected chi connectivity index (χ4v) is 4.58. The maximum Gasteiger partial charge on any atom is 0.246 e. The van der Waals surface area contributed by atoms with E-state index in [0.717, 1.165) is 5.56 Å². The Morgan fingerprint density at radius 2 is 2.25 bits per heavy atom. The molecule has 1 unspecified atom stereocenters. The monoisotopic (exact) mass is 352 g/mol. The number of nitrogens with zero attached hydrogens (tertiary/aromatic N) is 1. The van der Waals surface area contributed by atoms with E-state index in [1.807, 2.05) is 6.92 Å². The summed E-state index contributed by atoms with van der Waals surface area (Å²) >= 11 is 0. The number of carbonyl (C=O) groups is 1. The van der Waals surface area contributed by atoms with Gasteiger partial charge in [0, 0.05) is 19.6 Å². The number of rotatable bonds is 6. The molecule has 6 nitrogen and oxygen atoms in total. The Labute approximate surface area is 143 Å². The van der Waals surface area contributed by atoms with Crippen LogP contribution in [0.3, 0.4) is 0 Å². The topological polar surface area (TPSA) is 75.7 Å². The van der Waals surface area contributed by atoms with Crippen LogP contribution >= 0.6 is 0 Å². The van der Waals surface area contributed by atoms with Crippen LogP contribution in [0, 0.1) is 12.8 Å². The Bertz CT molecular complexity index is 715. The van der Waals surface area contributed by atoms with E-state index in [4.69, 9.17) is 4.74 Å². The van der Waals surface area contributed by atoms with E-state index in [9.17, 15) is 13.2 Å². The second-order valence-corrected chi connectivity index (χ2v) is 7.80. The van der Waals surface area contributed by atoms with E-state index in [-0.39, 0.29) is 23.3 Å². The number of benzene rings is 1. The number of hydrogen-bond donors (Lipinski definition) is 1. The average molecular weight is 352 g/mol. The van der Waals surface area contributed by atoms with Gasteiger partial charge in [-0.05, 0) is 37.5 Å². The molecule has 0 saturated carbocycles. The summed E-state index contributed by atoms with van der Waals surface area (Å²) in [5.41, 5.74) is 0.840. The standard InChI is InChI=1S/C17H24N2O4S/c1-4-9-18-17(20)14-6-5-10-19(12-14)24(21,22)16-11-13(2)7-8-15(16)23-3/h4,7-8,11,14H,1,5-6,9-10,12H2,2-3H3,(H,18,20). The lowest BCUT2D eigenvalue weighted by Crippen LogP contribution is -2.45. The molecule has 0 spiro atoms. The molecule has 1 N–H and O–H groups in total. The molecule has 1 saturated heterocycles. The zero-order chi connectivity index (χ0) is 17.7. The first-order valence-electron chi connectivity index (χ1n) is 7.93. The van der Waals surface area contributed by atoms with Gasteiger partial charge in [-0.3, -0.25) is 4.79 Å². The molecule has 1 aliphatic rings. The molecule has 1 aliphatic heterocycles. The van der Waals surface area contributed by atoms with Crippen LogP contribution in [-0.2, 0) is 14.8 Å². The summed E-state index contributed by atoms with van der Waals surface area (Å²) in [6.07, 6.45) is 2.94. The molecular weight excluding hydrogens is 328 g/mol. The summed E-state index contributed by atoms with van der Waals surface area (Å²) in [5.74, 6) is -0.158. The van der Waals surface area contributed by atoms with Crippen molar-refractivity contribution in [3.63, 3.8) is 0 Å². The lowest BCUT2D eigenvalue weighted by atomic mass is 9.99. The molecule has 0 aromatic heterocycles. The van der Waals surface area contributed by atoms with Crippen molar-refractivity contribution in [1.82, 2.24) is 9.62 Å². The molecule has 0 radical (unpaired) electrons. The zero-order valence-electron chi connectivity index (χ0n) is 14.1. The SMILES string of the molecule is C=CCNC(=O)C1CCCN(S(=O)(=O)c2cc(C)ccc2OC)C1. The fraction of sp³-hybridized carbons (Fsp3) is 0.471. The van der Waals surface area contributed by atoms with E-state index >= 15 is 0 Å². The predicted octanol–water partition coefficient (Wildman–Crippen LogP) is 1.71. The first-order valence-corrected chi connectivity index (χ1v) is 9.37. The Balaban J connectivity index is 2.24. The number of piperidine rings is 1. The average Bonchev–Trinajstić information content (AvgIpc) is 2.59. The lowest BCUT2D eigenvalue weighted by molar-refractivity contribution is -0.125. The normalized spacial score (nSPS) is 18.8. The highest BCUT2D eigenvalue weighted by Gasteiger charge is 2.34. The number of aryl methyl sites for hydroxylation is 1. The van der Waals surface area contributed by atoms with Gasteiger partial charge >= 0.3 is 0 Å². The highest BCUT2D eigenvalue weighted by Crippen LogP contribution is 2.30. The minimum absolute atomic E-state index is 0.133. The van der Waals surface area contributed by atoms with Crippen molar-refractivity contribution in [2.75, 3.05) is 26.7 Å². The van der Waals surface area contributed by atoms with Gasteiger partial charge in [0.25, 0.3) is 0 Å². The van der Waals surface area contributed by atoms with Crippen LogP contribution in [0.2, 0.25) is 0 Å². The molecule has 1 aromatic carbocycles. The van der Waals surface area contributed by atoms with Gasteiger partial charge in [0.05, 0.1) is 13.0 Å². The van der Waals surface area contributed by atoms with Crippen molar-refractivity contribution in [2.24, 2.45) is 5.92 Å². The van der Waals surface area contributed by atoms with E-state index in [1.165, 1.54) is 11.4 Å². The van der Waals surface area contributed by atoms with Crippen molar-refractivity contribution < 1.29 is 17.9 Å². The van der Waals surface area contributed by atoms with Gasteiger partial charge in [-0.25, -0.2) is 8.42 Å². The number of amides is 1. The van der Waals surface area contributed by atoms with Crippen molar-refractivity contribution in [3.8, 4) is 5.75 Å². The van der Waals surface area contributed by atoms with Crippen LogP contribution in [0.1, 0.15) is 18.4 Å². The van der Waals surface area contributed by atoms with Crippen LogP contribution in [0.15, 0.2) is 35.7 Å². The third-order valence-electron chi connectivity index (χ3n) is 4.11. The summed E-state index contributed by atoms with van der Waals surface area (Å²) in [6, 6.07) is 5.07. The molecule has 0 aliphatic carbocycles. The summed E-state index contributed by atoms with van der Waals surface area (Å²) < 4.78 is 32.6. The predicted molar refractivity (Wildman–Crippen MR) is 92.4 cm³/mol. The largest absolute Gasteiger partial charge is 0.495 e. The van der Waals surface area contributed by atoms with Gasteiger partial charge < -0.3 is 10.1 Å². The van der Waals surface area contributed by atoms with Crippen molar-refractivity contribution in [1.29, 1.82) is 0 Å². The lowest BCUT2D eigenvalue weighted by Gasteiger charge is -2.31. The maximum atomic E-state index is 13.0. The third kappa shape index (κ3) is 3.96. The molecule has 132 valence electrons. The van der Waals surface area contributed by atoms with Crippen LogP contribution < -0.4 is 10.1 Å². The Morgan fingerprint density at radius 1 is 1.50 bits per heavy atom. The zero-order valence-corrected chi connectivity index (χ0v) is 14.9. The Morgan fingerprint density at radius 3 is 2.92 bits per heavy atom.